The van der Waals surface area contributed by atoms with Gasteiger partial charge in [-0.15, -0.1) is 0 Å². The van der Waals surface area contributed by atoms with E-state index in [9.17, 15) is 4.79 Å². The van der Waals surface area contributed by atoms with Crippen molar-refractivity contribution in [1.29, 1.82) is 0 Å². The molecule has 2 heterocycles. The Morgan fingerprint density at radius 3 is 2.63 bits per heavy atom. The minimum Gasteiger partial charge on any atom is -0.338 e. The van der Waals surface area contributed by atoms with Crippen molar-refractivity contribution in [2.45, 2.75) is 12.8 Å². The van der Waals surface area contributed by atoms with Crippen molar-refractivity contribution in [2.75, 3.05) is 26.2 Å². The number of benzene rings is 1. The van der Waals surface area contributed by atoms with Crippen molar-refractivity contribution in [1.82, 2.24) is 10.2 Å². The molecule has 1 unspecified atom stereocenters. The van der Waals surface area contributed by atoms with Crippen LogP contribution in [0.25, 0.3) is 0 Å². The molecule has 0 saturated carbocycles. The van der Waals surface area contributed by atoms with E-state index in [0.29, 0.717) is 15.6 Å². The van der Waals surface area contributed by atoms with Gasteiger partial charge in [-0.1, -0.05) is 29.3 Å². The van der Waals surface area contributed by atoms with Gasteiger partial charge in [0.1, 0.15) is 0 Å². The third kappa shape index (κ3) is 2.35. The number of likely N-dealkylation sites (tertiary alicyclic amines) is 1. The second-order valence-corrected chi connectivity index (χ2v) is 6.31. The normalized spacial score (nSPS) is 26.3. The fourth-order valence-electron chi connectivity index (χ4n) is 3.11. The summed E-state index contributed by atoms with van der Waals surface area (Å²) in [5.74, 6) is -0.0422. The van der Waals surface area contributed by atoms with Gasteiger partial charge in [0.25, 0.3) is 5.91 Å². The van der Waals surface area contributed by atoms with Crippen molar-refractivity contribution >= 4 is 29.1 Å². The molecule has 2 saturated heterocycles. The number of nitrogens with zero attached hydrogens (tertiary/aromatic N) is 1. The molecule has 19 heavy (non-hydrogen) atoms. The van der Waals surface area contributed by atoms with Gasteiger partial charge in [0.05, 0.1) is 15.6 Å². The molecule has 0 aliphatic carbocycles. The maximum atomic E-state index is 12.6. The van der Waals surface area contributed by atoms with E-state index in [1.54, 1.807) is 18.2 Å². The lowest BCUT2D eigenvalue weighted by Gasteiger charge is -2.23. The van der Waals surface area contributed by atoms with Gasteiger partial charge in [0.2, 0.25) is 0 Å². The number of halogens is 2. The van der Waals surface area contributed by atoms with E-state index < -0.39 is 0 Å². The van der Waals surface area contributed by atoms with E-state index in [2.05, 4.69) is 5.32 Å². The molecule has 1 aromatic carbocycles. The van der Waals surface area contributed by atoms with Gasteiger partial charge in [0.15, 0.2) is 0 Å². The van der Waals surface area contributed by atoms with Crippen LogP contribution in [0.15, 0.2) is 18.2 Å². The highest BCUT2D eigenvalue weighted by atomic mass is 35.5. The maximum absolute atomic E-state index is 12.6. The van der Waals surface area contributed by atoms with Gasteiger partial charge in [0, 0.05) is 25.0 Å². The third-order valence-corrected chi connectivity index (χ3v) is 4.86. The molecule has 1 spiro atoms. The molecule has 5 heteroatoms. The quantitative estimate of drug-likeness (QED) is 0.865. The predicted molar refractivity (Wildman–Crippen MR) is 76.9 cm³/mol. The summed E-state index contributed by atoms with van der Waals surface area (Å²) in [6.45, 7) is 3.66. The van der Waals surface area contributed by atoms with Crippen molar-refractivity contribution in [3.05, 3.63) is 33.8 Å². The summed E-state index contributed by atoms with van der Waals surface area (Å²) in [4.78, 5) is 14.5. The number of nitrogens with one attached hydrogen (secondary N) is 1. The first kappa shape index (κ1) is 13.2. The van der Waals surface area contributed by atoms with Crippen LogP contribution in [0.4, 0.5) is 0 Å². The zero-order valence-electron chi connectivity index (χ0n) is 10.6. The molecule has 2 aliphatic heterocycles. The Balaban J connectivity index is 1.82. The summed E-state index contributed by atoms with van der Waals surface area (Å²) in [5, 5.41) is 4.25. The van der Waals surface area contributed by atoms with Crippen LogP contribution >= 0.6 is 23.2 Å². The molecule has 3 nitrogen and oxygen atoms in total. The standard InChI is InChI=1S/C14H16Cl2N2O/c15-10-2-1-3-11(16)12(10)13(19)18-7-5-14(9-18)4-6-17-8-14/h1-3,17H,4-9H2. The molecule has 1 aromatic rings. The number of carbonyl (C=O) groups excluding carboxylic acids is 1. The Labute approximate surface area is 122 Å². The van der Waals surface area contributed by atoms with E-state index in [1.807, 2.05) is 4.90 Å². The van der Waals surface area contributed by atoms with Crippen LogP contribution < -0.4 is 5.32 Å². The fraction of sp³-hybridized carbons (Fsp3) is 0.500. The molecule has 0 bridgehead atoms. The number of amides is 1. The summed E-state index contributed by atoms with van der Waals surface area (Å²) >= 11 is 12.2. The third-order valence-electron chi connectivity index (χ3n) is 4.23. The first-order chi connectivity index (χ1) is 9.11. The van der Waals surface area contributed by atoms with Crippen molar-refractivity contribution < 1.29 is 4.79 Å². The molecule has 1 atom stereocenters. The van der Waals surface area contributed by atoms with Gasteiger partial charge in [-0.3, -0.25) is 4.79 Å². The topological polar surface area (TPSA) is 32.3 Å². The minimum atomic E-state index is -0.0422. The largest absolute Gasteiger partial charge is 0.338 e. The lowest BCUT2D eigenvalue weighted by molar-refractivity contribution is 0.0776. The smallest absolute Gasteiger partial charge is 0.256 e. The van der Waals surface area contributed by atoms with Crippen LogP contribution in [0.1, 0.15) is 23.2 Å². The van der Waals surface area contributed by atoms with Crippen molar-refractivity contribution in [3.63, 3.8) is 0 Å². The van der Waals surface area contributed by atoms with Crippen molar-refractivity contribution in [2.24, 2.45) is 5.41 Å². The summed E-state index contributed by atoms with van der Waals surface area (Å²) in [6, 6.07) is 5.18. The Kier molecular flexibility index (Phi) is 3.46. The first-order valence-electron chi connectivity index (χ1n) is 6.55. The lowest BCUT2D eigenvalue weighted by Crippen LogP contribution is -2.33. The molecule has 3 rings (SSSR count). The average molecular weight is 299 g/mol. The zero-order chi connectivity index (χ0) is 13.5. The van der Waals surface area contributed by atoms with Gasteiger partial charge in [-0.2, -0.15) is 0 Å². The number of carbonyl (C=O) groups is 1. The average Bonchev–Trinajstić information content (AvgIpc) is 3.00. The Hall–Kier alpha value is -0.770. The molecule has 2 aliphatic rings. The number of hydrogen-bond acceptors (Lipinski definition) is 2. The van der Waals surface area contributed by atoms with Crippen LogP contribution in [0.3, 0.4) is 0 Å². The van der Waals surface area contributed by atoms with Crippen LogP contribution in [0.2, 0.25) is 10.0 Å². The zero-order valence-corrected chi connectivity index (χ0v) is 12.1. The molecule has 0 radical (unpaired) electrons. The highest BCUT2D eigenvalue weighted by molar-refractivity contribution is 6.39. The SMILES string of the molecule is O=C(c1c(Cl)cccc1Cl)N1CCC2(CCNC2)C1. The van der Waals surface area contributed by atoms with Crippen LogP contribution in [-0.4, -0.2) is 37.0 Å². The summed E-state index contributed by atoms with van der Waals surface area (Å²) in [6.07, 6.45) is 2.21. The van der Waals surface area contributed by atoms with Gasteiger partial charge in [-0.25, -0.2) is 0 Å². The van der Waals surface area contributed by atoms with Crippen LogP contribution in [0, 0.1) is 5.41 Å². The predicted octanol–water partition coefficient (Wildman–Crippen LogP) is 2.82. The first-order valence-corrected chi connectivity index (χ1v) is 7.31. The van der Waals surface area contributed by atoms with E-state index in [-0.39, 0.29) is 11.3 Å². The van der Waals surface area contributed by atoms with Gasteiger partial charge in [-0.05, 0) is 31.5 Å². The molecule has 1 N–H and O–H groups in total. The minimum absolute atomic E-state index is 0.0422. The molecular formula is C14H16Cl2N2O. The van der Waals surface area contributed by atoms with E-state index >= 15 is 0 Å². The summed E-state index contributed by atoms with van der Waals surface area (Å²) in [7, 11) is 0. The molecule has 102 valence electrons. The van der Waals surface area contributed by atoms with Gasteiger partial charge < -0.3 is 10.2 Å². The Morgan fingerprint density at radius 1 is 1.26 bits per heavy atom. The summed E-state index contributed by atoms with van der Waals surface area (Å²) in [5.41, 5.74) is 0.706. The molecule has 0 aromatic heterocycles. The highest BCUT2D eigenvalue weighted by Crippen LogP contribution is 2.37. The molecular weight excluding hydrogens is 283 g/mol. The number of rotatable bonds is 1. The van der Waals surface area contributed by atoms with E-state index in [4.69, 9.17) is 23.2 Å². The van der Waals surface area contributed by atoms with E-state index in [1.165, 1.54) is 0 Å². The summed E-state index contributed by atoms with van der Waals surface area (Å²) < 4.78 is 0. The monoisotopic (exact) mass is 298 g/mol. The second kappa shape index (κ2) is 4.97. The van der Waals surface area contributed by atoms with Gasteiger partial charge >= 0.3 is 0 Å². The highest BCUT2D eigenvalue weighted by Gasteiger charge is 2.42. The van der Waals surface area contributed by atoms with Crippen LogP contribution in [0.5, 0.6) is 0 Å². The Bertz CT molecular complexity index is 492. The fourth-order valence-corrected chi connectivity index (χ4v) is 3.67. The number of hydrogen-bond donors (Lipinski definition) is 1. The van der Waals surface area contributed by atoms with Crippen molar-refractivity contribution in [3.8, 4) is 0 Å². The van der Waals surface area contributed by atoms with Crippen LogP contribution in [-0.2, 0) is 0 Å². The molecule has 2 fully saturated rings. The molecule has 1 amide bonds. The lowest BCUT2D eigenvalue weighted by atomic mass is 9.86. The Morgan fingerprint density at radius 2 is 2.00 bits per heavy atom. The maximum Gasteiger partial charge on any atom is 0.256 e. The van der Waals surface area contributed by atoms with E-state index in [0.717, 1.165) is 39.0 Å². The second-order valence-electron chi connectivity index (χ2n) is 5.50.